The van der Waals surface area contributed by atoms with Gasteiger partial charge in [0.2, 0.25) is 5.75 Å². The number of hydrogen-bond donors (Lipinski definition) is 3. The summed E-state index contributed by atoms with van der Waals surface area (Å²) in [4.78, 5) is 0. The van der Waals surface area contributed by atoms with Crippen LogP contribution in [0.5, 0.6) is 11.5 Å². The molecule has 0 radical (unpaired) electrons. The minimum atomic E-state index is -4.15. The Bertz CT molecular complexity index is 552. The van der Waals surface area contributed by atoms with E-state index >= 15 is 0 Å². The second-order valence-corrected chi connectivity index (χ2v) is 4.53. The summed E-state index contributed by atoms with van der Waals surface area (Å²) in [5.74, 6) is -0.280. The van der Waals surface area contributed by atoms with E-state index in [0.717, 1.165) is 0 Å². The number of aliphatic hydroxyl groups is 1. The van der Waals surface area contributed by atoms with Crippen molar-refractivity contribution >= 4 is 21.8 Å². The Kier molecular flexibility index (Phi) is 2.14. The Labute approximate surface area is 91.9 Å². The van der Waals surface area contributed by atoms with Gasteiger partial charge in [-0.05, 0) is 13.0 Å². The molecule has 1 atom stereocenters. The highest BCUT2D eigenvalue weighted by Gasteiger charge is 2.35. The van der Waals surface area contributed by atoms with E-state index < -0.39 is 16.5 Å². The van der Waals surface area contributed by atoms with Gasteiger partial charge in [0.1, 0.15) is 5.69 Å². The lowest BCUT2D eigenvalue weighted by molar-refractivity contribution is 0.197. The van der Waals surface area contributed by atoms with Gasteiger partial charge in [0.25, 0.3) is 0 Å². The van der Waals surface area contributed by atoms with Gasteiger partial charge < -0.3 is 24.9 Å². The van der Waals surface area contributed by atoms with Gasteiger partial charge in [-0.1, -0.05) is 0 Å². The molecule has 7 nitrogen and oxygen atoms in total. The zero-order valence-corrected chi connectivity index (χ0v) is 9.11. The summed E-state index contributed by atoms with van der Waals surface area (Å²) in [6.07, 6.45) is -0.950. The first-order valence-electron chi connectivity index (χ1n) is 4.35. The highest BCUT2D eigenvalue weighted by Crippen LogP contribution is 2.47. The van der Waals surface area contributed by atoms with Crippen molar-refractivity contribution in [1.29, 1.82) is 0 Å². The van der Waals surface area contributed by atoms with Crippen LogP contribution in [0.2, 0.25) is 0 Å². The van der Waals surface area contributed by atoms with E-state index in [4.69, 9.17) is 11.5 Å². The van der Waals surface area contributed by atoms with Gasteiger partial charge in [-0.2, -0.15) is 0 Å². The summed E-state index contributed by atoms with van der Waals surface area (Å²) < 4.78 is 31.3. The van der Waals surface area contributed by atoms with Crippen LogP contribution in [0, 0.1) is 0 Å². The molecule has 8 heteroatoms. The molecule has 1 heterocycles. The van der Waals surface area contributed by atoms with Crippen LogP contribution in [0.1, 0.15) is 18.6 Å². The van der Waals surface area contributed by atoms with Gasteiger partial charge in [-0.3, -0.25) is 0 Å². The highest BCUT2D eigenvalue weighted by atomic mass is 32.3. The Hall–Kier alpha value is -1.67. The van der Waals surface area contributed by atoms with Crippen LogP contribution in [0.25, 0.3) is 0 Å². The first-order chi connectivity index (χ1) is 7.32. The Balaban J connectivity index is 2.72. The Morgan fingerprint density at radius 3 is 2.44 bits per heavy atom. The molecule has 16 heavy (non-hydrogen) atoms. The standard InChI is InChI=1S/C8H10N2O5S/c1-3(11)4-2-5(9)6(10)8-7(4)14-16(12,13)15-8/h2-3,11H,9-10H2,1H3. The molecule has 1 unspecified atom stereocenters. The number of hydrogen-bond acceptors (Lipinski definition) is 7. The van der Waals surface area contributed by atoms with Crippen LogP contribution < -0.4 is 19.8 Å². The van der Waals surface area contributed by atoms with Crippen molar-refractivity contribution < 1.29 is 21.9 Å². The van der Waals surface area contributed by atoms with Gasteiger partial charge in [-0.15, -0.1) is 8.42 Å². The molecule has 0 spiro atoms. The molecule has 2 rings (SSSR count). The molecule has 5 N–H and O–H groups in total. The topological polar surface area (TPSA) is 125 Å². The maximum atomic E-state index is 11.1. The molecular weight excluding hydrogens is 236 g/mol. The van der Waals surface area contributed by atoms with Crippen LogP contribution in [0.15, 0.2) is 6.07 Å². The van der Waals surface area contributed by atoms with E-state index in [0.29, 0.717) is 0 Å². The van der Waals surface area contributed by atoms with Crippen LogP contribution in [0.4, 0.5) is 11.4 Å². The fourth-order valence-corrected chi connectivity index (χ4v) is 2.18. The van der Waals surface area contributed by atoms with Crippen LogP contribution >= 0.6 is 0 Å². The summed E-state index contributed by atoms with van der Waals surface area (Å²) in [6, 6.07) is 1.35. The molecule has 88 valence electrons. The molecule has 0 saturated heterocycles. The van der Waals surface area contributed by atoms with E-state index in [1.54, 1.807) is 0 Å². The summed E-state index contributed by atoms with van der Waals surface area (Å²) in [5, 5.41) is 9.45. The number of aliphatic hydroxyl groups excluding tert-OH is 1. The normalized spacial score (nSPS) is 18.4. The largest absolute Gasteiger partial charge is 0.501 e. The van der Waals surface area contributed by atoms with Crippen LogP contribution in [0.3, 0.4) is 0 Å². The number of rotatable bonds is 1. The second-order valence-electron chi connectivity index (χ2n) is 3.38. The van der Waals surface area contributed by atoms with Crippen molar-refractivity contribution in [3.63, 3.8) is 0 Å². The molecule has 1 aliphatic heterocycles. The zero-order valence-electron chi connectivity index (χ0n) is 8.30. The monoisotopic (exact) mass is 246 g/mol. The zero-order chi connectivity index (χ0) is 12.1. The molecule has 1 aromatic carbocycles. The molecule has 1 aliphatic rings. The summed E-state index contributed by atoms with van der Waals surface area (Å²) >= 11 is 0. The first kappa shape index (κ1) is 10.8. The molecular formula is C8H10N2O5S. The lowest BCUT2D eigenvalue weighted by atomic mass is 10.1. The van der Waals surface area contributed by atoms with Gasteiger partial charge >= 0.3 is 10.4 Å². The number of nitrogen functional groups attached to an aromatic ring is 2. The van der Waals surface area contributed by atoms with E-state index in [9.17, 15) is 13.5 Å². The predicted molar refractivity (Wildman–Crippen MR) is 56.1 cm³/mol. The van der Waals surface area contributed by atoms with Gasteiger partial charge in [-0.25, -0.2) is 0 Å². The van der Waals surface area contributed by atoms with Gasteiger partial charge in [0.15, 0.2) is 5.75 Å². The number of anilines is 2. The van der Waals surface area contributed by atoms with Crippen molar-refractivity contribution in [2.24, 2.45) is 0 Å². The van der Waals surface area contributed by atoms with Crippen molar-refractivity contribution in [3.05, 3.63) is 11.6 Å². The lowest BCUT2D eigenvalue weighted by Gasteiger charge is -2.10. The molecule has 0 fully saturated rings. The van der Waals surface area contributed by atoms with Crippen molar-refractivity contribution in [1.82, 2.24) is 0 Å². The molecule has 0 aliphatic carbocycles. The summed E-state index contributed by atoms with van der Waals surface area (Å²) in [7, 11) is -4.15. The van der Waals surface area contributed by atoms with E-state index in [1.165, 1.54) is 13.0 Å². The third kappa shape index (κ3) is 1.51. The Morgan fingerprint density at radius 2 is 1.88 bits per heavy atom. The van der Waals surface area contributed by atoms with E-state index in [-0.39, 0.29) is 28.4 Å². The second kappa shape index (κ2) is 3.16. The third-order valence-corrected chi connectivity index (χ3v) is 2.90. The number of benzene rings is 1. The van der Waals surface area contributed by atoms with Gasteiger partial charge in [0, 0.05) is 5.56 Å². The maximum Gasteiger partial charge on any atom is 0.501 e. The molecule has 0 saturated carbocycles. The fraction of sp³-hybridized carbons (Fsp3) is 0.250. The van der Waals surface area contributed by atoms with E-state index in [1.807, 2.05) is 0 Å². The average Bonchev–Trinajstić information content (AvgIpc) is 2.47. The quantitative estimate of drug-likeness (QED) is 0.592. The Morgan fingerprint density at radius 1 is 1.31 bits per heavy atom. The first-order valence-corrected chi connectivity index (χ1v) is 5.69. The molecule has 0 bridgehead atoms. The predicted octanol–water partition coefficient (Wildman–Crippen LogP) is -0.0797. The number of fused-ring (bicyclic) bond motifs is 1. The lowest BCUT2D eigenvalue weighted by Crippen LogP contribution is -2.08. The minimum Gasteiger partial charge on any atom is -0.397 e. The third-order valence-electron chi connectivity index (χ3n) is 2.16. The molecule has 0 aromatic heterocycles. The summed E-state index contributed by atoms with van der Waals surface area (Å²) in [6.45, 7) is 1.44. The van der Waals surface area contributed by atoms with Gasteiger partial charge in [0.05, 0.1) is 11.8 Å². The van der Waals surface area contributed by atoms with Crippen molar-refractivity contribution in [2.75, 3.05) is 11.5 Å². The molecule has 0 amide bonds. The maximum absolute atomic E-state index is 11.1. The van der Waals surface area contributed by atoms with Crippen molar-refractivity contribution in [3.8, 4) is 11.5 Å². The molecule has 1 aromatic rings. The average molecular weight is 246 g/mol. The van der Waals surface area contributed by atoms with Crippen LogP contribution in [-0.4, -0.2) is 13.5 Å². The summed E-state index contributed by atoms with van der Waals surface area (Å²) in [5.41, 5.74) is 11.4. The SMILES string of the molecule is CC(O)c1cc(N)c(N)c2c1OS(=O)(=O)O2. The minimum absolute atomic E-state index is 0.0273. The van der Waals surface area contributed by atoms with Crippen LogP contribution in [-0.2, 0) is 10.4 Å². The van der Waals surface area contributed by atoms with Crippen molar-refractivity contribution in [2.45, 2.75) is 13.0 Å². The smallest absolute Gasteiger partial charge is 0.397 e. The highest BCUT2D eigenvalue weighted by molar-refractivity contribution is 7.82. The fourth-order valence-electron chi connectivity index (χ4n) is 1.40. The van der Waals surface area contributed by atoms with E-state index in [2.05, 4.69) is 8.37 Å². The number of nitrogens with two attached hydrogens (primary N) is 2.